The molecule has 136 valence electrons. The van der Waals surface area contributed by atoms with E-state index >= 15 is 0 Å². The number of amides is 1. The van der Waals surface area contributed by atoms with E-state index in [1.807, 2.05) is 0 Å². The van der Waals surface area contributed by atoms with Crippen LogP contribution in [0.1, 0.15) is 26.2 Å². The van der Waals surface area contributed by atoms with Crippen LogP contribution in [0.2, 0.25) is 0 Å². The predicted molar refractivity (Wildman–Crippen MR) is 94.1 cm³/mol. The molecule has 7 nitrogen and oxygen atoms in total. The first-order valence-corrected chi connectivity index (χ1v) is 9.20. The van der Waals surface area contributed by atoms with Gasteiger partial charge in [-0.2, -0.15) is 0 Å². The van der Waals surface area contributed by atoms with Crippen LogP contribution in [0.4, 0.5) is 0 Å². The standard InChI is InChI=1S/C17H31N5O2/c1-3-18-16(19-10-14-11-21(2)7-8-24-14)22-6-4-5-17(13-22)9-15(23)20-12-17/h14H,3-13H2,1-2H3,(H,18,19)(H,20,23). The SMILES string of the molecule is CCNC(=NCC1CN(C)CCO1)N1CCCC2(CNC(=O)C2)C1. The molecule has 0 radical (unpaired) electrons. The maximum Gasteiger partial charge on any atom is 0.220 e. The lowest BCUT2D eigenvalue weighted by atomic mass is 9.79. The first-order chi connectivity index (χ1) is 11.6. The van der Waals surface area contributed by atoms with Gasteiger partial charge in [-0.05, 0) is 26.8 Å². The van der Waals surface area contributed by atoms with E-state index in [9.17, 15) is 4.79 Å². The lowest BCUT2D eigenvalue weighted by molar-refractivity contribution is -0.119. The van der Waals surface area contributed by atoms with E-state index in [1.165, 1.54) is 0 Å². The lowest BCUT2D eigenvalue weighted by Crippen LogP contribution is -2.51. The van der Waals surface area contributed by atoms with Gasteiger partial charge in [-0.1, -0.05) is 0 Å². The molecule has 2 unspecified atom stereocenters. The van der Waals surface area contributed by atoms with E-state index in [1.54, 1.807) is 0 Å². The summed E-state index contributed by atoms with van der Waals surface area (Å²) in [7, 11) is 2.13. The second-order valence-corrected chi connectivity index (χ2v) is 7.43. The molecule has 24 heavy (non-hydrogen) atoms. The Bertz CT molecular complexity index is 484. The molecule has 0 aliphatic carbocycles. The number of morpholine rings is 1. The number of rotatable bonds is 3. The molecular formula is C17H31N5O2. The lowest BCUT2D eigenvalue weighted by Gasteiger charge is -2.41. The van der Waals surface area contributed by atoms with E-state index in [4.69, 9.17) is 9.73 Å². The molecule has 0 aromatic heterocycles. The Morgan fingerprint density at radius 2 is 2.38 bits per heavy atom. The number of guanidine groups is 1. The molecule has 3 heterocycles. The Labute approximate surface area is 144 Å². The quantitative estimate of drug-likeness (QED) is 0.555. The Hall–Kier alpha value is -1.34. The number of carbonyl (C=O) groups excluding carboxylic acids is 1. The van der Waals surface area contributed by atoms with Gasteiger partial charge in [0.2, 0.25) is 5.91 Å². The predicted octanol–water partition coefficient (Wildman–Crippen LogP) is -0.115. The van der Waals surface area contributed by atoms with Gasteiger partial charge in [0, 0.05) is 51.1 Å². The summed E-state index contributed by atoms with van der Waals surface area (Å²) in [5.41, 5.74) is 0.0904. The average molecular weight is 337 g/mol. The molecule has 3 saturated heterocycles. The molecule has 3 fully saturated rings. The molecule has 3 rings (SSSR count). The average Bonchev–Trinajstić information content (AvgIpc) is 2.91. The Balaban J connectivity index is 1.63. The second-order valence-electron chi connectivity index (χ2n) is 7.43. The maximum absolute atomic E-state index is 11.7. The van der Waals surface area contributed by atoms with Crippen LogP contribution in [0.3, 0.4) is 0 Å². The fourth-order valence-corrected chi connectivity index (χ4v) is 4.02. The number of hydrogen-bond acceptors (Lipinski definition) is 4. The topological polar surface area (TPSA) is 69.2 Å². The Kier molecular flexibility index (Phi) is 5.61. The van der Waals surface area contributed by atoms with E-state index in [0.29, 0.717) is 13.0 Å². The molecule has 2 atom stereocenters. The number of hydrogen-bond donors (Lipinski definition) is 2. The molecular weight excluding hydrogens is 306 g/mol. The van der Waals surface area contributed by atoms with Crippen LogP contribution < -0.4 is 10.6 Å². The number of aliphatic imine (C=N–C) groups is 1. The van der Waals surface area contributed by atoms with Gasteiger partial charge in [-0.25, -0.2) is 0 Å². The minimum atomic E-state index is 0.0904. The van der Waals surface area contributed by atoms with Gasteiger partial charge < -0.3 is 25.2 Å². The third-order valence-corrected chi connectivity index (χ3v) is 5.28. The maximum atomic E-state index is 11.7. The monoisotopic (exact) mass is 337 g/mol. The largest absolute Gasteiger partial charge is 0.374 e. The highest BCUT2D eigenvalue weighted by molar-refractivity contribution is 5.81. The summed E-state index contributed by atoms with van der Waals surface area (Å²) in [4.78, 5) is 21.2. The summed E-state index contributed by atoms with van der Waals surface area (Å²) in [6.45, 7) is 9.07. The molecule has 3 aliphatic heterocycles. The summed E-state index contributed by atoms with van der Waals surface area (Å²) < 4.78 is 5.82. The summed E-state index contributed by atoms with van der Waals surface area (Å²) in [5.74, 6) is 1.16. The van der Waals surface area contributed by atoms with Crippen molar-refractivity contribution < 1.29 is 9.53 Å². The zero-order chi connectivity index (χ0) is 17.0. The smallest absolute Gasteiger partial charge is 0.220 e. The summed E-state index contributed by atoms with van der Waals surface area (Å²) in [6, 6.07) is 0. The van der Waals surface area contributed by atoms with Crippen molar-refractivity contribution in [1.29, 1.82) is 0 Å². The first-order valence-electron chi connectivity index (χ1n) is 9.20. The highest BCUT2D eigenvalue weighted by Crippen LogP contribution is 2.35. The molecule has 1 amide bonds. The molecule has 2 N–H and O–H groups in total. The van der Waals surface area contributed by atoms with Crippen molar-refractivity contribution in [3.05, 3.63) is 0 Å². The number of likely N-dealkylation sites (N-methyl/N-ethyl adjacent to an activating group) is 1. The molecule has 3 aliphatic rings. The molecule has 1 spiro atoms. The van der Waals surface area contributed by atoms with Gasteiger partial charge in [-0.3, -0.25) is 9.79 Å². The van der Waals surface area contributed by atoms with Crippen LogP contribution in [0.25, 0.3) is 0 Å². The zero-order valence-corrected chi connectivity index (χ0v) is 15.0. The number of ether oxygens (including phenoxy) is 1. The van der Waals surface area contributed by atoms with Crippen LogP contribution in [-0.4, -0.2) is 87.2 Å². The Morgan fingerprint density at radius 1 is 1.50 bits per heavy atom. The van der Waals surface area contributed by atoms with Gasteiger partial charge in [0.1, 0.15) is 0 Å². The van der Waals surface area contributed by atoms with E-state index < -0.39 is 0 Å². The Morgan fingerprint density at radius 3 is 3.08 bits per heavy atom. The highest BCUT2D eigenvalue weighted by Gasteiger charge is 2.42. The number of nitrogens with zero attached hydrogens (tertiary/aromatic N) is 3. The summed E-state index contributed by atoms with van der Waals surface area (Å²) in [6.07, 6.45) is 3.06. The van der Waals surface area contributed by atoms with Gasteiger partial charge >= 0.3 is 0 Å². The molecule has 0 aromatic carbocycles. The molecule has 7 heteroatoms. The van der Waals surface area contributed by atoms with Crippen LogP contribution in [-0.2, 0) is 9.53 Å². The third kappa shape index (κ3) is 4.19. The van der Waals surface area contributed by atoms with Crippen LogP contribution in [0.15, 0.2) is 4.99 Å². The summed E-state index contributed by atoms with van der Waals surface area (Å²) in [5, 5.41) is 6.43. The van der Waals surface area contributed by atoms with Crippen molar-refractivity contribution in [3.63, 3.8) is 0 Å². The van der Waals surface area contributed by atoms with Crippen molar-refractivity contribution in [2.45, 2.75) is 32.3 Å². The van der Waals surface area contributed by atoms with Crippen molar-refractivity contribution in [2.75, 3.05) is 59.5 Å². The molecule has 0 aromatic rings. The van der Waals surface area contributed by atoms with Gasteiger partial charge in [-0.15, -0.1) is 0 Å². The van der Waals surface area contributed by atoms with Crippen LogP contribution in [0.5, 0.6) is 0 Å². The first kappa shape index (κ1) is 17.5. The van der Waals surface area contributed by atoms with Crippen molar-refractivity contribution in [1.82, 2.24) is 20.4 Å². The fourth-order valence-electron chi connectivity index (χ4n) is 4.02. The second kappa shape index (κ2) is 7.70. The van der Waals surface area contributed by atoms with Gasteiger partial charge in [0.05, 0.1) is 19.3 Å². The van der Waals surface area contributed by atoms with E-state index in [0.717, 1.165) is 64.7 Å². The molecule has 0 saturated carbocycles. The van der Waals surface area contributed by atoms with Crippen molar-refractivity contribution in [2.24, 2.45) is 10.4 Å². The van der Waals surface area contributed by atoms with Crippen LogP contribution in [0, 0.1) is 5.41 Å². The highest BCUT2D eigenvalue weighted by atomic mass is 16.5. The van der Waals surface area contributed by atoms with E-state index in [-0.39, 0.29) is 17.4 Å². The zero-order valence-electron chi connectivity index (χ0n) is 15.0. The van der Waals surface area contributed by atoms with Gasteiger partial charge in [0.25, 0.3) is 0 Å². The third-order valence-electron chi connectivity index (χ3n) is 5.28. The number of carbonyl (C=O) groups is 1. The van der Waals surface area contributed by atoms with Crippen molar-refractivity contribution in [3.8, 4) is 0 Å². The number of piperidine rings is 1. The number of nitrogens with one attached hydrogen (secondary N) is 2. The molecule has 0 bridgehead atoms. The normalized spacial score (nSPS) is 32.2. The van der Waals surface area contributed by atoms with Crippen molar-refractivity contribution >= 4 is 11.9 Å². The summed E-state index contributed by atoms with van der Waals surface area (Å²) >= 11 is 0. The van der Waals surface area contributed by atoms with Crippen LogP contribution >= 0.6 is 0 Å². The van der Waals surface area contributed by atoms with Gasteiger partial charge in [0.15, 0.2) is 5.96 Å². The minimum absolute atomic E-state index is 0.0904. The number of likely N-dealkylation sites (tertiary alicyclic amines) is 1. The fraction of sp³-hybridized carbons (Fsp3) is 0.882. The van der Waals surface area contributed by atoms with E-state index in [2.05, 4.69) is 34.4 Å². The minimum Gasteiger partial charge on any atom is -0.374 e.